The summed E-state index contributed by atoms with van der Waals surface area (Å²) >= 11 is 9.01. The standard InChI is InChI=1S/C15H13ClN2O2S3/c1-21-15-17-13-6-5-12(8-14(13)22-15)18-23(19,20)9-10-3-2-4-11(16)7-10/h2-8,18H,9H2,1H3. The van der Waals surface area contributed by atoms with Gasteiger partial charge in [0.15, 0.2) is 4.34 Å². The molecule has 0 saturated carbocycles. The van der Waals surface area contributed by atoms with Crippen molar-refractivity contribution in [3.8, 4) is 0 Å². The van der Waals surface area contributed by atoms with Crippen LogP contribution in [0.2, 0.25) is 5.02 Å². The van der Waals surface area contributed by atoms with Crippen molar-refractivity contribution in [2.75, 3.05) is 11.0 Å². The lowest BCUT2D eigenvalue weighted by molar-refractivity contribution is 0.600. The highest BCUT2D eigenvalue weighted by molar-refractivity contribution is 8.00. The summed E-state index contributed by atoms with van der Waals surface area (Å²) in [6.07, 6.45) is 1.96. The fourth-order valence-electron chi connectivity index (χ4n) is 2.12. The third-order valence-electron chi connectivity index (χ3n) is 3.06. The van der Waals surface area contributed by atoms with Crippen molar-refractivity contribution >= 4 is 60.6 Å². The molecule has 2 aromatic carbocycles. The highest BCUT2D eigenvalue weighted by Crippen LogP contribution is 2.30. The van der Waals surface area contributed by atoms with E-state index in [1.165, 1.54) is 0 Å². The summed E-state index contributed by atoms with van der Waals surface area (Å²) in [6.45, 7) is 0. The van der Waals surface area contributed by atoms with Crippen molar-refractivity contribution in [1.29, 1.82) is 0 Å². The molecule has 0 atom stereocenters. The molecule has 0 bridgehead atoms. The molecule has 3 aromatic rings. The van der Waals surface area contributed by atoms with Gasteiger partial charge in [-0.1, -0.05) is 35.5 Å². The lowest BCUT2D eigenvalue weighted by atomic mass is 10.2. The van der Waals surface area contributed by atoms with Crippen LogP contribution >= 0.6 is 34.7 Å². The van der Waals surface area contributed by atoms with E-state index in [2.05, 4.69) is 9.71 Å². The molecule has 120 valence electrons. The zero-order chi connectivity index (χ0) is 16.4. The number of benzene rings is 2. The summed E-state index contributed by atoms with van der Waals surface area (Å²) < 4.78 is 29.1. The Kier molecular flexibility index (Phi) is 4.82. The predicted molar refractivity (Wildman–Crippen MR) is 99.1 cm³/mol. The number of hydrogen-bond acceptors (Lipinski definition) is 5. The number of rotatable bonds is 5. The van der Waals surface area contributed by atoms with E-state index < -0.39 is 10.0 Å². The van der Waals surface area contributed by atoms with E-state index in [1.54, 1.807) is 53.4 Å². The number of fused-ring (bicyclic) bond motifs is 1. The van der Waals surface area contributed by atoms with Gasteiger partial charge >= 0.3 is 0 Å². The van der Waals surface area contributed by atoms with Crippen LogP contribution in [0.15, 0.2) is 46.8 Å². The van der Waals surface area contributed by atoms with Crippen molar-refractivity contribution in [1.82, 2.24) is 4.98 Å². The number of thiazole rings is 1. The Hall–Kier alpha value is -1.28. The Morgan fingerprint density at radius 1 is 1.26 bits per heavy atom. The summed E-state index contributed by atoms with van der Waals surface area (Å²) in [7, 11) is -3.50. The quantitative estimate of drug-likeness (QED) is 0.652. The first-order valence-corrected chi connectivity index (χ1v) is 10.7. The molecule has 3 rings (SSSR count). The van der Waals surface area contributed by atoms with Crippen LogP contribution in [0.5, 0.6) is 0 Å². The summed E-state index contributed by atoms with van der Waals surface area (Å²) in [6, 6.07) is 12.2. The van der Waals surface area contributed by atoms with Crippen molar-refractivity contribution in [2.24, 2.45) is 0 Å². The maximum atomic E-state index is 12.3. The van der Waals surface area contributed by atoms with E-state index in [4.69, 9.17) is 11.6 Å². The van der Waals surface area contributed by atoms with E-state index in [0.717, 1.165) is 14.6 Å². The van der Waals surface area contributed by atoms with Gasteiger partial charge in [-0.25, -0.2) is 13.4 Å². The third-order valence-corrected chi connectivity index (χ3v) is 6.56. The average Bonchev–Trinajstić information content (AvgIpc) is 2.88. The van der Waals surface area contributed by atoms with E-state index in [1.807, 2.05) is 18.4 Å². The van der Waals surface area contributed by atoms with Gasteiger partial charge in [-0.3, -0.25) is 4.72 Å². The first-order valence-electron chi connectivity index (χ1n) is 6.65. The molecular formula is C15H13ClN2O2S3. The Labute approximate surface area is 147 Å². The van der Waals surface area contributed by atoms with Gasteiger partial charge in [0.2, 0.25) is 10.0 Å². The number of nitrogens with one attached hydrogen (secondary N) is 1. The van der Waals surface area contributed by atoms with Crippen LogP contribution < -0.4 is 4.72 Å². The third kappa shape index (κ3) is 4.17. The largest absolute Gasteiger partial charge is 0.283 e. The lowest BCUT2D eigenvalue weighted by Crippen LogP contribution is -2.14. The molecule has 4 nitrogen and oxygen atoms in total. The molecule has 0 spiro atoms. The second-order valence-electron chi connectivity index (χ2n) is 4.86. The van der Waals surface area contributed by atoms with Gasteiger partial charge in [0, 0.05) is 5.02 Å². The predicted octanol–water partition coefficient (Wildman–Crippen LogP) is 4.61. The van der Waals surface area contributed by atoms with Crippen LogP contribution in [0.3, 0.4) is 0 Å². The number of hydrogen-bond donors (Lipinski definition) is 1. The van der Waals surface area contributed by atoms with Gasteiger partial charge in [-0.15, -0.1) is 11.3 Å². The molecule has 1 aromatic heterocycles. The summed E-state index contributed by atoms with van der Waals surface area (Å²) in [5.41, 5.74) is 2.06. The van der Waals surface area contributed by atoms with E-state index in [0.29, 0.717) is 16.3 Å². The highest BCUT2D eigenvalue weighted by atomic mass is 35.5. The van der Waals surface area contributed by atoms with Crippen molar-refractivity contribution in [2.45, 2.75) is 10.1 Å². The maximum absolute atomic E-state index is 12.3. The van der Waals surface area contributed by atoms with Gasteiger partial charge in [0.05, 0.1) is 21.7 Å². The monoisotopic (exact) mass is 384 g/mol. The minimum Gasteiger partial charge on any atom is -0.283 e. The smallest absolute Gasteiger partial charge is 0.236 e. The van der Waals surface area contributed by atoms with Crippen molar-refractivity contribution < 1.29 is 8.42 Å². The van der Waals surface area contributed by atoms with Gasteiger partial charge in [0.1, 0.15) is 0 Å². The van der Waals surface area contributed by atoms with E-state index in [9.17, 15) is 8.42 Å². The molecule has 0 radical (unpaired) electrons. The van der Waals surface area contributed by atoms with Gasteiger partial charge < -0.3 is 0 Å². The highest BCUT2D eigenvalue weighted by Gasteiger charge is 2.13. The van der Waals surface area contributed by atoms with Gasteiger partial charge in [-0.05, 0) is 42.2 Å². The Bertz CT molecular complexity index is 954. The molecule has 0 aliphatic rings. The average molecular weight is 385 g/mol. The van der Waals surface area contributed by atoms with Crippen molar-refractivity contribution in [3.05, 3.63) is 53.1 Å². The summed E-state index contributed by atoms with van der Waals surface area (Å²) in [5, 5.41) is 0.522. The molecule has 0 saturated heterocycles. The molecule has 0 aliphatic heterocycles. The molecule has 0 aliphatic carbocycles. The van der Waals surface area contributed by atoms with Gasteiger partial charge in [0.25, 0.3) is 0 Å². The molecule has 0 amide bonds. The van der Waals surface area contributed by atoms with Gasteiger partial charge in [-0.2, -0.15) is 0 Å². The van der Waals surface area contributed by atoms with Crippen molar-refractivity contribution in [3.63, 3.8) is 0 Å². The molecular weight excluding hydrogens is 372 g/mol. The molecule has 23 heavy (non-hydrogen) atoms. The molecule has 1 N–H and O–H groups in total. The van der Waals surface area contributed by atoms with Crippen LogP contribution in [-0.2, 0) is 15.8 Å². The SMILES string of the molecule is CSc1nc2ccc(NS(=O)(=O)Cc3cccc(Cl)c3)cc2s1. The number of halogens is 1. The summed E-state index contributed by atoms with van der Waals surface area (Å²) in [5.74, 6) is -0.121. The second kappa shape index (κ2) is 6.68. The zero-order valence-electron chi connectivity index (χ0n) is 12.1. The Morgan fingerprint density at radius 2 is 2.09 bits per heavy atom. The Morgan fingerprint density at radius 3 is 2.83 bits per heavy atom. The Balaban J connectivity index is 1.82. The first-order chi connectivity index (χ1) is 10.9. The van der Waals surface area contributed by atoms with E-state index in [-0.39, 0.29) is 5.75 Å². The lowest BCUT2D eigenvalue weighted by Gasteiger charge is -2.08. The first kappa shape index (κ1) is 16.6. The fraction of sp³-hybridized carbons (Fsp3) is 0.133. The minimum atomic E-state index is -3.50. The molecule has 1 heterocycles. The number of anilines is 1. The minimum absolute atomic E-state index is 0.121. The van der Waals surface area contributed by atoms with Crippen LogP contribution in [0.4, 0.5) is 5.69 Å². The number of aromatic nitrogens is 1. The van der Waals surface area contributed by atoms with Crippen LogP contribution in [0.1, 0.15) is 5.56 Å². The van der Waals surface area contributed by atoms with E-state index >= 15 is 0 Å². The maximum Gasteiger partial charge on any atom is 0.236 e. The molecule has 0 fully saturated rings. The number of nitrogens with zero attached hydrogens (tertiary/aromatic N) is 1. The van der Waals surface area contributed by atoms with Crippen LogP contribution in [0, 0.1) is 0 Å². The zero-order valence-corrected chi connectivity index (χ0v) is 15.3. The van der Waals surface area contributed by atoms with Crippen LogP contribution in [0.25, 0.3) is 10.2 Å². The fourth-order valence-corrected chi connectivity index (χ4v) is 5.03. The number of thioether (sulfide) groups is 1. The topological polar surface area (TPSA) is 59.1 Å². The van der Waals surface area contributed by atoms with Crippen LogP contribution in [-0.4, -0.2) is 19.7 Å². The number of sulfonamides is 1. The molecule has 0 unspecified atom stereocenters. The molecule has 8 heteroatoms. The second-order valence-corrected chi connectivity index (χ2v) is 9.10. The summed E-state index contributed by atoms with van der Waals surface area (Å²) in [4.78, 5) is 4.44. The normalized spacial score (nSPS) is 11.7.